The van der Waals surface area contributed by atoms with E-state index in [2.05, 4.69) is 27.2 Å². The fourth-order valence-electron chi connectivity index (χ4n) is 4.23. The summed E-state index contributed by atoms with van der Waals surface area (Å²) in [7, 11) is 1.68. The molecule has 1 aromatic rings. The maximum atomic E-state index is 13.5. The number of likely N-dealkylation sites (tertiary alicyclic amines) is 1. The first-order valence-corrected chi connectivity index (χ1v) is 11.7. The molecule has 180 valence electrons. The average Bonchev–Trinajstić information content (AvgIpc) is 3.31. The van der Waals surface area contributed by atoms with Gasteiger partial charge in [-0.2, -0.15) is 0 Å². The fraction of sp³-hybridized carbons (Fsp3) is 0.560. The number of ether oxygens (including phenoxy) is 1. The first-order valence-electron chi connectivity index (χ1n) is 11.7. The van der Waals surface area contributed by atoms with Gasteiger partial charge in [0.1, 0.15) is 17.3 Å². The van der Waals surface area contributed by atoms with Gasteiger partial charge in [-0.15, -0.1) is 0 Å². The molecule has 2 N–H and O–H groups in total. The molecular weight excluding hydrogens is 421 g/mol. The monoisotopic (exact) mass is 457 g/mol. The molecule has 2 aliphatic rings. The van der Waals surface area contributed by atoms with Crippen LogP contribution in [0.15, 0.2) is 45.8 Å². The van der Waals surface area contributed by atoms with Crippen LogP contribution >= 0.6 is 0 Å². The lowest BCUT2D eigenvalue weighted by molar-refractivity contribution is -0.117. The zero-order valence-corrected chi connectivity index (χ0v) is 19.9. The third-order valence-corrected chi connectivity index (χ3v) is 6.48. The van der Waals surface area contributed by atoms with Crippen LogP contribution < -0.4 is 10.6 Å². The first kappa shape index (κ1) is 25.1. The highest BCUT2D eigenvalue weighted by Gasteiger charge is 2.30. The zero-order chi connectivity index (χ0) is 23.8. The van der Waals surface area contributed by atoms with Gasteiger partial charge in [0.15, 0.2) is 0 Å². The molecule has 0 aromatic heterocycles. The zero-order valence-electron chi connectivity index (χ0n) is 19.9. The minimum atomic E-state index is -0.295. The molecule has 0 spiro atoms. The largest absolute Gasteiger partial charge is 0.381 e. The Bertz CT molecular complexity index is 871. The van der Waals surface area contributed by atoms with E-state index >= 15 is 0 Å². The number of nitrogens with one attached hydrogen (secondary N) is 2. The Hall–Kier alpha value is -2.58. The second-order valence-electron chi connectivity index (χ2n) is 8.84. The molecule has 1 heterocycles. The van der Waals surface area contributed by atoms with Gasteiger partial charge in [-0.3, -0.25) is 4.79 Å². The van der Waals surface area contributed by atoms with Gasteiger partial charge in [0.25, 0.3) is 5.91 Å². The van der Waals surface area contributed by atoms with E-state index in [4.69, 9.17) is 9.73 Å². The number of carbonyl (C=O) groups is 1. The Kier molecular flexibility index (Phi) is 9.14. The van der Waals surface area contributed by atoms with E-state index in [9.17, 15) is 9.18 Å². The molecule has 7 nitrogen and oxygen atoms in total. The van der Waals surface area contributed by atoms with Crippen LogP contribution in [0.25, 0.3) is 0 Å². The molecule has 1 saturated heterocycles. The Morgan fingerprint density at radius 3 is 2.55 bits per heavy atom. The van der Waals surface area contributed by atoms with Gasteiger partial charge in [-0.25, -0.2) is 14.4 Å². The predicted molar refractivity (Wildman–Crippen MR) is 130 cm³/mol. The van der Waals surface area contributed by atoms with Gasteiger partial charge in [-0.1, -0.05) is 19.1 Å². The van der Waals surface area contributed by atoms with Crippen LogP contribution in [0.5, 0.6) is 0 Å². The first-order chi connectivity index (χ1) is 15.9. The molecule has 1 aliphatic carbocycles. The van der Waals surface area contributed by atoms with Crippen molar-refractivity contribution in [3.63, 3.8) is 0 Å². The molecule has 3 rings (SSSR count). The molecule has 1 aromatic carbocycles. The molecule has 8 heteroatoms. The standard InChI is InChI=1S/C25H36FN5O2/c1-17(19-7-9-20(26)10-8-19)23(24(27-3)28-11-14-31-12-5-6-13-31)29-18(2)25(32)30-21-15-22(16-21)33-4/h7-10,17,21-22,28H,3,5-6,11-16H2,1-2,4H3,(H,30,32)/b24-23+,29-18?/t17-,21?,22?/m1/s1. The Morgan fingerprint density at radius 2 is 1.94 bits per heavy atom. The summed E-state index contributed by atoms with van der Waals surface area (Å²) in [6, 6.07) is 6.42. The topological polar surface area (TPSA) is 78.3 Å². The predicted octanol–water partition coefficient (Wildman–Crippen LogP) is 3.24. The molecule has 1 saturated carbocycles. The van der Waals surface area contributed by atoms with Crippen LogP contribution in [-0.2, 0) is 9.53 Å². The summed E-state index contributed by atoms with van der Waals surface area (Å²) in [5.74, 6) is -0.175. The van der Waals surface area contributed by atoms with Gasteiger partial charge in [0.2, 0.25) is 0 Å². The number of aliphatic imine (C=N–C) groups is 2. The summed E-state index contributed by atoms with van der Waals surface area (Å²) >= 11 is 0. The van der Waals surface area contributed by atoms with E-state index in [0.717, 1.165) is 38.0 Å². The van der Waals surface area contributed by atoms with E-state index in [1.807, 2.05) is 6.92 Å². The molecule has 2 fully saturated rings. The lowest BCUT2D eigenvalue weighted by atomic mass is 9.89. The second kappa shape index (κ2) is 12.0. The number of allylic oxidation sites excluding steroid dienone is 1. The van der Waals surface area contributed by atoms with Crippen LogP contribution in [0.3, 0.4) is 0 Å². The highest BCUT2D eigenvalue weighted by molar-refractivity contribution is 6.38. The number of hydrogen-bond acceptors (Lipinski definition) is 6. The lowest BCUT2D eigenvalue weighted by Crippen LogP contribution is -2.49. The summed E-state index contributed by atoms with van der Waals surface area (Å²) in [4.78, 5) is 24.1. The number of nitrogens with zero attached hydrogens (tertiary/aromatic N) is 3. The van der Waals surface area contributed by atoms with Crippen molar-refractivity contribution in [1.82, 2.24) is 15.5 Å². The number of methoxy groups -OCH3 is 1. The van der Waals surface area contributed by atoms with Crippen molar-refractivity contribution in [3.8, 4) is 0 Å². The summed E-state index contributed by atoms with van der Waals surface area (Å²) in [5.41, 5.74) is 1.84. The molecule has 33 heavy (non-hydrogen) atoms. The fourth-order valence-corrected chi connectivity index (χ4v) is 4.23. The smallest absolute Gasteiger partial charge is 0.265 e. The third-order valence-electron chi connectivity index (χ3n) is 6.48. The van der Waals surface area contributed by atoms with Gasteiger partial charge >= 0.3 is 0 Å². The second-order valence-corrected chi connectivity index (χ2v) is 8.84. The third kappa shape index (κ3) is 6.95. The lowest BCUT2D eigenvalue weighted by Gasteiger charge is -2.34. The Labute approximate surface area is 196 Å². The number of hydrogen-bond donors (Lipinski definition) is 2. The van der Waals surface area contributed by atoms with E-state index in [1.54, 1.807) is 26.2 Å². The summed E-state index contributed by atoms with van der Waals surface area (Å²) in [6.07, 6.45) is 4.29. The van der Waals surface area contributed by atoms with E-state index < -0.39 is 0 Å². The average molecular weight is 458 g/mol. The number of rotatable bonds is 11. The summed E-state index contributed by atoms with van der Waals surface area (Å²) in [6.45, 7) is 11.2. The van der Waals surface area contributed by atoms with Crippen molar-refractivity contribution >= 4 is 18.3 Å². The number of benzene rings is 1. The van der Waals surface area contributed by atoms with Crippen LogP contribution in [0.4, 0.5) is 4.39 Å². The van der Waals surface area contributed by atoms with E-state index in [1.165, 1.54) is 25.0 Å². The van der Waals surface area contributed by atoms with Gasteiger partial charge in [-0.05, 0) is 70.1 Å². The number of halogens is 1. The normalized spacial score (nSPS) is 22.8. The summed E-state index contributed by atoms with van der Waals surface area (Å²) < 4.78 is 18.8. The van der Waals surface area contributed by atoms with Crippen LogP contribution in [0.2, 0.25) is 0 Å². The Morgan fingerprint density at radius 1 is 1.27 bits per heavy atom. The van der Waals surface area contributed by atoms with Crippen LogP contribution in [-0.4, -0.2) is 68.7 Å². The molecule has 1 amide bonds. The van der Waals surface area contributed by atoms with Crippen molar-refractivity contribution in [2.24, 2.45) is 9.98 Å². The van der Waals surface area contributed by atoms with Gasteiger partial charge < -0.3 is 20.3 Å². The summed E-state index contributed by atoms with van der Waals surface area (Å²) in [5, 5.41) is 6.37. The highest BCUT2D eigenvalue weighted by atomic mass is 19.1. The minimum absolute atomic E-state index is 0.102. The van der Waals surface area contributed by atoms with Crippen LogP contribution in [0.1, 0.15) is 51.0 Å². The Balaban J connectivity index is 1.78. The SMILES string of the molecule is C=N/C(NCCN1CCCC1)=C(\N=C(C)C(=O)NC1CC(OC)C1)[C@H](C)c1ccc(F)cc1. The molecule has 0 unspecified atom stereocenters. The molecule has 0 bridgehead atoms. The van der Waals surface area contributed by atoms with E-state index in [-0.39, 0.29) is 29.8 Å². The number of amides is 1. The molecular formula is C25H36FN5O2. The van der Waals surface area contributed by atoms with Crippen LogP contribution in [0, 0.1) is 5.82 Å². The van der Waals surface area contributed by atoms with Crippen molar-refractivity contribution in [3.05, 3.63) is 47.2 Å². The van der Waals surface area contributed by atoms with Gasteiger partial charge in [0, 0.05) is 32.2 Å². The molecule has 0 radical (unpaired) electrons. The molecule has 1 atom stereocenters. The quantitative estimate of drug-likeness (QED) is 0.500. The van der Waals surface area contributed by atoms with Crippen molar-refractivity contribution in [1.29, 1.82) is 0 Å². The minimum Gasteiger partial charge on any atom is -0.381 e. The van der Waals surface area contributed by atoms with Crippen molar-refractivity contribution in [2.75, 3.05) is 33.3 Å². The maximum Gasteiger partial charge on any atom is 0.265 e. The highest BCUT2D eigenvalue weighted by Crippen LogP contribution is 2.28. The van der Waals surface area contributed by atoms with Crippen molar-refractivity contribution in [2.45, 2.75) is 57.6 Å². The number of carbonyl (C=O) groups excluding carboxylic acids is 1. The molecule has 1 aliphatic heterocycles. The van der Waals surface area contributed by atoms with E-state index in [0.29, 0.717) is 23.8 Å². The van der Waals surface area contributed by atoms with Crippen molar-refractivity contribution < 1.29 is 13.9 Å². The maximum absolute atomic E-state index is 13.5. The van der Waals surface area contributed by atoms with Gasteiger partial charge in [0.05, 0.1) is 11.8 Å².